The lowest BCUT2D eigenvalue weighted by atomic mass is 9.86. The minimum absolute atomic E-state index is 0.0392. The van der Waals surface area contributed by atoms with Gasteiger partial charge in [-0.25, -0.2) is 0 Å². The normalized spacial score (nSPS) is 25.1. The van der Waals surface area contributed by atoms with Crippen LogP contribution in [-0.2, 0) is 9.53 Å². The summed E-state index contributed by atoms with van der Waals surface area (Å²) in [5.74, 6) is 0.0555. The van der Waals surface area contributed by atoms with Crippen molar-refractivity contribution in [2.75, 3.05) is 13.2 Å². The highest BCUT2D eigenvalue weighted by Crippen LogP contribution is 2.25. The maximum absolute atomic E-state index is 11.5. The third-order valence-electron chi connectivity index (χ3n) is 2.93. The quantitative estimate of drug-likeness (QED) is 0.757. The maximum atomic E-state index is 11.5. The van der Waals surface area contributed by atoms with Gasteiger partial charge in [-0.2, -0.15) is 0 Å². The first kappa shape index (κ1) is 13.5. The van der Waals surface area contributed by atoms with Crippen molar-refractivity contribution in [2.24, 2.45) is 5.92 Å². The van der Waals surface area contributed by atoms with E-state index in [1.807, 2.05) is 6.92 Å². The largest absolute Gasteiger partial charge is 0.466 e. The standard InChI is InChI=1S/C12H20ClNO2/c1-3-16-12(15)10-4-6-11(7-5-10)14-8-9(2)13/h10-11,14H,2-8H2,1H3. The van der Waals surface area contributed by atoms with Crippen molar-refractivity contribution in [3.63, 3.8) is 0 Å². The van der Waals surface area contributed by atoms with Gasteiger partial charge in [-0.3, -0.25) is 4.79 Å². The van der Waals surface area contributed by atoms with Gasteiger partial charge in [-0.1, -0.05) is 18.2 Å². The summed E-state index contributed by atoms with van der Waals surface area (Å²) in [6, 6.07) is 0.459. The molecule has 1 rings (SSSR count). The number of hydrogen-bond acceptors (Lipinski definition) is 3. The van der Waals surface area contributed by atoms with E-state index in [-0.39, 0.29) is 11.9 Å². The Bertz CT molecular complexity index is 247. The lowest BCUT2D eigenvalue weighted by Crippen LogP contribution is -2.35. The number of esters is 1. The van der Waals surface area contributed by atoms with Gasteiger partial charge < -0.3 is 10.1 Å². The predicted octanol–water partition coefficient (Wildman–Crippen LogP) is 2.45. The van der Waals surface area contributed by atoms with Crippen molar-refractivity contribution in [3.8, 4) is 0 Å². The van der Waals surface area contributed by atoms with Crippen LogP contribution in [0.3, 0.4) is 0 Å². The Balaban J connectivity index is 2.23. The van der Waals surface area contributed by atoms with E-state index in [4.69, 9.17) is 16.3 Å². The summed E-state index contributed by atoms with van der Waals surface area (Å²) in [4.78, 5) is 11.5. The molecule has 0 aromatic heterocycles. The number of nitrogens with one attached hydrogen (secondary N) is 1. The molecule has 0 unspecified atom stereocenters. The van der Waals surface area contributed by atoms with E-state index in [9.17, 15) is 4.79 Å². The number of halogens is 1. The average molecular weight is 246 g/mol. The highest BCUT2D eigenvalue weighted by molar-refractivity contribution is 6.29. The van der Waals surface area contributed by atoms with Crippen LogP contribution in [0.1, 0.15) is 32.6 Å². The zero-order chi connectivity index (χ0) is 12.0. The molecule has 0 aliphatic heterocycles. The molecule has 3 nitrogen and oxygen atoms in total. The van der Waals surface area contributed by atoms with E-state index < -0.39 is 0 Å². The first-order valence-electron chi connectivity index (χ1n) is 5.86. The summed E-state index contributed by atoms with van der Waals surface area (Å²) in [5.41, 5.74) is 0. The van der Waals surface area contributed by atoms with Crippen LogP contribution < -0.4 is 5.32 Å². The second-order valence-electron chi connectivity index (χ2n) is 4.20. The lowest BCUT2D eigenvalue weighted by molar-refractivity contribution is -0.149. The Morgan fingerprint density at radius 2 is 2.06 bits per heavy atom. The smallest absolute Gasteiger partial charge is 0.308 e. The molecule has 0 aromatic rings. The van der Waals surface area contributed by atoms with Crippen LogP contribution in [-0.4, -0.2) is 25.2 Å². The van der Waals surface area contributed by atoms with E-state index in [0.717, 1.165) is 25.7 Å². The third-order valence-corrected chi connectivity index (χ3v) is 3.06. The van der Waals surface area contributed by atoms with Gasteiger partial charge in [-0.05, 0) is 32.6 Å². The Hall–Kier alpha value is -0.540. The number of hydrogen-bond donors (Lipinski definition) is 1. The van der Waals surface area contributed by atoms with E-state index in [1.54, 1.807) is 0 Å². The number of carbonyl (C=O) groups excluding carboxylic acids is 1. The predicted molar refractivity (Wildman–Crippen MR) is 65.4 cm³/mol. The molecule has 16 heavy (non-hydrogen) atoms. The fourth-order valence-corrected chi connectivity index (χ4v) is 2.13. The van der Waals surface area contributed by atoms with Gasteiger partial charge >= 0.3 is 5.97 Å². The van der Waals surface area contributed by atoms with Gasteiger partial charge in [0.1, 0.15) is 0 Å². The molecule has 0 saturated heterocycles. The molecule has 1 saturated carbocycles. The van der Waals surface area contributed by atoms with E-state index in [0.29, 0.717) is 24.2 Å². The van der Waals surface area contributed by atoms with E-state index >= 15 is 0 Å². The molecule has 0 radical (unpaired) electrons. The molecule has 0 spiro atoms. The molecule has 0 heterocycles. The molecular weight excluding hydrogens is 226 g/mol. The topological polar surface area (TPSA) is 38.3 Å². The second-order valence-corrected chi connectivity index (χ2v) is 4.73. The van der Waals surface area contributed by atoms with Crippen LogP contribution in [0, 0.1) is 5.92 Å². The Morgan fingerprint density at radius 1 is 1.44 bits per heavy atom. The second kappa shape index (κ2) is 6.92. The first-order chi connectivity index (χ1) is 7.63. The van der Waals surface area contributed by atoms with Gasteiger partial charge in [0.15, 0.2) is 0 Å². The van der Waals surface area contributed by atoms with Crippen molar-refractivity contribution >= 4 is 17.6 Å². The molecule has 1 aliphatic rings. The Kier molecular flexibility index (Phi) is 5.85. The minimum atomic E-state index is -0.0392. The van der Waals surface area contributed by atoms with Crippen molar-refractivity contribution in [1.82, 2.24) is 5.32 Å². The molecule has 0 atom stereocenters. The van der Waals surface area contributed by atoms with Crippen LogP contribution in [0.15, 0.2) is 11.6 Å². The van der Waals surface area contributed by atoms with Crippen molar-refractivity contribution in [2.45, 2.75) is 38.6 Å². The van der Waals surface area contributed by atoms with Crippen molar-refractivity contribution in [1.29, 1.82) is 0 Å². The van der Waals surface area contributed by atoms with E-state index in [1.165, 1.54) is 0 Å². The first-order valence-corrected chi connectivity index (χ1v) is 6.24. The number of rotatable bonds is 5. The van der Waals surface area contributed by atoms with Crippen LogP contribution in [0.25, 0.3) is 0 Å². The molecule has 4 heteroatoms. The Labute approximate surface area is 102 Å². The van der Waals surface area contributed by atoms with Crippen molar-refractivity contribution < 1.29 is 9.53 Å². The molecule has 92 valence electrons. The van der Waals surface area contributed by atoms with Crippen molar-refractivity contribution in [3.05, 3.63) is 11.6 Å². The molecule has 0 bridgehead atoms. The summed E-state index contributed by atoms with van der Waals surface area (Å²) in [7, 11) is 0. The highest BCUT2D eigenvalue weighted by atomic mass is 35.5. The lowest BCUT2D eigenvalue weighted by Gasteiger charge is -2.27. The Morgan fingerprint density at radius 3 is 2.56 bits per heavy atom. The zero-order valence-electron chi connectivity index (χ0n) is 9.80. The fourth-order valence-electron chi connectivity index (χ4n) is 2.05. The summed E-state index contributed by atoms with van der Waals surface area (Å²) < 4.78 is 5.02. The van der Waals surface area contributed by atoms with Gasteiger partial charge in [0, 0.05) is 17.6 Å². The third kappa shape index (κ3) is 4.54. The summed E-state index contributed by atoms with van der Waals surface area (Å²) in [6.07, 6.45) is 3.83. The zero-order valence-corrected chi connectivity index (χ0v) is 10.6. The number of carbonyl (C=O) groups is 1. The summed E-state index contributed by atoms with van der Waals surface area (Å²) in [5, 5.41) is 3.96. The highest BCUT2D eigenvalue weighted by Gasteiger charge is 2.26. The molecule has 1 N–H and O–H groups in total. The van der Waals surface area contributed by atoms with E-state index in [2.05, 4.69) is 11.9 Å². The van der Waals surface area contributed by atoms with Gasteiger partial charge in [0.2, 0.25) is 0 Å². The van der Waals surface area contributed by atoms with Crippen LogP contribution in [0.5, 0.6) is 0 Å². The van der Waals surface area contributed by atoms with Crippen LogP contribution >= 0.6 is 11.6 Å². The minimum Gasteiger partial charge on any atom is -0.466 e. The molecular formula is C12H20ClNO2. The average Bonchev–Trinajstić information content (AvgIpc) is 2.27. The molecule has 1 fully saturated rings. The number of ether oxygens (including phenoxy) is 1. The maximum Gasteiger partial charge on any atom is 0.308 e. The molecule has 1 aliphatic carbocycles. The summed E-state index contributed by atoms with van der Waals surface area (Å²) >= 11 is 5.69. The molecule has 0 aromatic carbocycles. The SMILES string of the molecule is C=C(Cl)CNC1CCC(C(=O)OCC)CC1. The van der Waals surface area contributed by atoms with Gasteiger partial charge in [0.05, 0.1) is 12.5 Å². The van der Waals surface area contributed by atoms with Gasteiger partial charge in [-0.15, -0.1) is 0 Å². The summed E-state index contributed by atoms with van der Waals surface area (Å²) in [6.45, 7) is 6.60. The monoisotopic (exact) mass is 245 g/mol. The molecule has 0 amide bonds. The van der Waals surface area contributed by atoms with Gasteiger partial charge in [0.25, 0.3) is 0 Å². The van der Waals surface area contributed by atoms with Crippen LogP contribution in [0.4, 0.5) is 0 Å². The van der Waals surface area contributed by atoms with Crippen LogP contribution in [0.2, 0.25) is 0 Å². The fraction of sp³-hybridized carbons (Fsp3) is 0.750.